The highest BCUT2D eigenvalue weighted by atomic mass is 19.4. The van der Waals surface area contributed by atoms with E-state index in [1.54, 1.807) is 12.4 Å². The summed E-state index contributed by atoms with van der Waals surface area (Å²) in [5.74, 6) is -0.596. The van der Waals surface area contributed by atoms with Crippen LogP contribution in [0.15, 0.2) is 66.8 Å². The molecule has 2 N–H and O–H groups in total. The van der Waals surface area contributed by atoms with Gasteiger partial charge in [0.25, 0.3) is 5.91 Å². The van der Waals surface area contributed by atoms with Gasteiger partial charge in [0.05, 0.1) is 17.4 Å². The van der Waals surface area contributed by atoms with Gasteiger partial charge in [-0.1, -0.05) is 19.1 Å². The van der Waals surface area contributed by atoms with Gasteiger partial charge >= 0.3 is 6.18 Å². The minimum absolute atomic E-state index is 0.369. The van der Waals surface area contributed by atoms with Gasteiger partial charge in [-0.15, -0.1) is 0 Å². The molecule has 3 heterocycles. The van der Waals surface area contributed by atoms with E-state index in [1.165, 1.54) is 0 Å². The van der Waals surface area contributed by atoms with Crippen molar-refractivity contribution in [2.45, 2.75) is 19.5 Å². The lowest BCUT2D eigenvalue weighted by Crippen LogP contribution is -2.24. The topological polar surface area (TPSA) is 66.9 Å². The highest BCUT2D eigenvalue weighted by Gasteiger charge is 2.34. The number of carbonyl (C=O) groups is 1. The van der Waals surface area contributed by atoms with Crippen molar-refractivity contribution in [2.24, 2.45) is 0 Å². The maximum Gasteiger partial charge on any atom is 0.418 e. The minimum atomic E-state index is -4.60. The molecule has 0 spiro atoms. The first-order valence-electron chi connectivity index (χ1n) is 9.71. The molecule has 2 aromatic heterocycles. The van der Waals surface area contributed by atoms with Crippen LogP contribution >= 0.6 is 0 Å². The molecule has 1 aliphatic rings. The molecular weight excluding hydrogens is 405 g/mol. The van der Waals surface area contributed by atoms with E-state index in [0.717, 1.165) is 40.8 Å². The summed E-state index contributed by atoms with van der Waals surface area (Å²) in [7, 11) is 0. The smallest absolute Gasteiger partial charge is 0.381 e. The van der Waals surface area contributed by atoms with Crippen LogP contribution in [0.2, 0.25) is 0 Å². The van der Waals surface area contributed by atoms with Crippen LogP contribution in [0, 0.1) is 0 Å². The van der Waals surface area contributed by atoms with E-state index in [4.69, 9.17) is 0 Å². The number of alkyl halides is 3. The maximum absolute atomic E-state index is 13.4. The summed E-state index contributed by atoms with van der Waals surface area (Å²) >= 11 is 0. The van der Waals surface area contributed by atoms with Crippen molar-refractivity contribution in [3.05, 3.63) is 77.9 Å². The molecule has 4 rings (SSSR count). The van der Waals surface area contributed by atoms with E-state index < -0.39 is 17.6 Å². The molecule has 0 atom stereocenters. The average Bonchev–Trinajstić information content (AvgIpc) is 2.78. The first kappa shape index (κ1) is 20.6. The van der Waals surface area contributed by atoms with E-state index in [2.05, 4.69) is 20.6 Å². The van der Waals surface area contributed by atoms with Gasteiger partial charge in [0.1, 0.15) is 0 Å². The Balaban J connectivity index is 1.76. The standard InChI is InChI=1S/C23H19F3N4O/c1-2-14-12-29-19-6-5-15(16-4-3-8-27-11-16)10-17(19)21(14)22(31)30-20-13-28-9-7-18(20)23(24,25)26/h3-11,13,29H,2,12H2,1H3,(H,30,31). The fourth-order valence-corrected chi connectivity index (χ4v) is 3.61. The molecular formula is C23H19F3N4O. The molecule has 0 radical (unpaired) electrons. The molecule has 3 aromatic rings. The zero-order valence-electron chi connectivity index (χ0n) is 16.6. The van der Waals surface area contributed by atoms with E-state index in [0.29, 0.717) is 24.1 Å². The molecule has 1 amide bonds. The van der Waals surface area contributed by atoms with Crippen LogP contribution in [0.3, 0.4) is 0 Å². The molecule has 0 unspecified atom stereocenters. The lowest BCUT2D eigenvalue weighted by molar-refractivity contribution is -0.137. The van der Waals surface area contributed by atoms with Crippen molar-refractivity contribution in [3.63, 3.8) is 0 Å². The average molecular weight is 424 g/mol. The van der Waals surface area contributed by atoms with Crippen molar-refractivity contribution < 1.29 is 18.0 Å². The Bertz CT molecular complexity index is 1160. The number of hydrogen-bond donors (Lipinski definition) is 2. The number of rotatable bonds is 4. The molecule has 0 fully saturated rings. The summed E-state index contributed by atoms with van der Waals surface area (Å²) in [5, 5.41) is 5.71. The van der Waals surface area contributed by atoms with Crippen LogP contribution in [-0.2, 0) is 11.0 Å². The van der Waals surface area contributed by atoms with Crippen molar-refractivity contribution in [1.82, 2.24) is 9.97 Å². The highest BCUT2D eigenvalue weighted by Crippen LogP contribution is 2.38. The number of carbonyl (C=O) groups excluding carboxylic acids is 1. The van der Waals surface area contributed by atoms with E-state index in [9.17, 15) is 18.0 Å². The Kier molecular flexibility index (Phi) is 5.46. The molecule has 0 bridgehead atoms. The Morgan fingerprint density at radius 2 is 1.90 bits per heavy atom. The first-order chi connectivity index (χ1) is 14.9. The predicted molar refractivity (Wildman–Crippen MR) is 113 cm³/mol. The zero-order chi connectivity index (χ0) is 22.0. The Labute approximate surface area is 177 Å². The zero-order valence-corrected chi connectivity index (χ0v) is 16.6. The van der Waals surface area contributed by atoms with Gasteiger partial charge in [0, 0.05) is 47.5 Å². The van der Waals surface area contributed by atoms with Crippen LogP contribution < -0.4 is 10.6 Å². The molecule has 5 nitrogen and oxygen atoms in total. The number of benzene rings is 1. The summed E-state index contributed by atoms with van der Waals surface area (Å²) < 4.78 is 40.1. The Morgan fingerprint density at radius 3 is 2.61 bits per heavy atom. The molecule has 0 saturated heterocycles. The van der Waals surface area contributed by atoms with Crippen molar-refractivity contribution in [1.29, 1.82) is 0 Å². The van der Waals surface area contributed by atoms with Gasteiger partial charge in [-0.2, -0.15) is 13.2 Å². The third-order valence-corrected chi connectivity index (χ3v) is 5.16. The second-order valence-electron chi connectivity index (χ2n) is 7.06. The lowest BCUT2D eigenvalue weighted by atomic mass is 9.90. The Morgan fingerprint density at radius 1 is 1.10 bits per heavy atom. The van der Waals surface area contributed by atoms with Gasteiger partial charge in [-0.05, 0) is 41.8 Å². The number of anilines is 2. The van der Waals surface area contributed by atoms with Crippen LogP contribution in [0.1, 0.15) is 24.5 Å². The van der Waals surface area contributed by atoms with Gasteiger partial charge in [-0.25, -0.2) is 0 Å². The predicted octanol–water partition coefficient (Wildman–Crippen LogP) is 5.39. The number of nitrogens with zero attached hydrogens (tertiary/aromatic N) is 2. The van der Waals surface area contributed by atoms with Gasteiger partial charge in [0.15, 0.2) is 0 Å². The second-order valence-corrected chi connectivity index (χ2v) is 7.06. The molecule has 1 aliphatic heterocycles. The largest absolute Gasteiger partial charge is 0.418 e. The van der Waals surface area contributed by atoms with Crippen LogP contribution in [-0.4, -0.2) is 22.4 Å². The van der Waals surface area contributed by atoms with Crippen LogP contribution in [0.5, 0.6) is 0 Å². The van der Waals surface area contributed by atoms with Gasteiger partial charge in [-0.3, -0.25) is 14.8 Å². The Hall–Kier alpha value is -3.68. The highest BCUT2D eigenvalue weighted by molar-refractivity contribution is 6.28. The number of aromatic nitrogens is 2. The summed E-state index contributed by atoms with van der Waals surface area (Å²) in [6.45, 7) is 2.35. The van der Waals surface area contributed by atoms with E-state index in [-0.39, 0.29) is 5.69 Å². The fourth-order valence-electron chi connectivity index (χ4n) is 3.61. The number of fused-ring (bicyclic) bond motifs is 1. The van der Waals surface area contributed by atoms with Gasteiger partial charge in [0.2, 0.25) is 0 Å². The third-order valence-electron chi connectivity index (χ3n) is 5.16. The molecule has 31 heavy (non-hydrogen) atoms. The maximum atomic E-state index is 13.4. The summed E-state index contributed by atoms with van der Waals surface area (Å²) in [6, 6.07) is 10.2. The number of halogens is 3. The monoisotopic (exact) mass is 424 g/mol. The summed E-state index contributed by atoms with van der Waals surface area (Å²) in [4.78, 5) is 21.1. The van der Waals surface area contributed by atoms with Crippen molar-refractivity contribution in [2.75, 3.05) is 17.2 Å². The van der Waals surface area contributed by atoms with E-state index in [1.807, 2.05) is 37.3 Å². The van der Waals surface area contributed by atoms with Crippen LogP contribution in [0.4, 0.5) is 24.5 Å². The lowest BCUT2D eigenvalue weighted by Gasteiger charge is -2.25. The van der Waals surface area contributed by atoms with Crippen molar-refractivity contribution >= 4 is 22.9 Å². The third kappa shape index (κ3) is 4.14. The molecule has 1 aromatic carbocycles. The minimum Gasteiger partial charge on any atom is -0.381 e. The molecule has 0 aliphatic carbocycles. The SMILES string of the molecule is CCC1=C(C(=O)Nc2cnccc2C(F)(F)F)c2cc(-c3cccnc3)ccc2NC1. The number of nitrogens with one attached hydrogen (secondary N) is 2. The quantitative estimate of drug-likeness (QED) is 0.589. The van der Waals surface area contributed by atoms with Gasteiger partial charge < -0.3 is 10.6 Å². The molecule has 158 valence electrons. The van der Waals surface area contributed by atoms with Crippen LogP contribution in [0.25, 0.3) is 16.7 Å². The van der Waals surface area contributed by atoms with Crippen molar-refractivity contribution in [3.8, 4) is 11.1 Å². The number of amides is 1. The molecule has 0 saturated carbocycles. The fraction of sp³-hybridized carbons (Fsp3) is 0.174. The second kappa shape index (κ2) is 8.22. The normalized spacial score (nSPS) is 13.4. The van der Waals surface area contributed by atoms with E-state index >= 15 is 0 Å². The number of pyridine rings is 2. The summed E-state index contributed by atoms with van der Waals surface area (Å²) in [6.07, 6.45) is 1.42. The summed E-state index contributed by atoms with van der Waals surface area (Å²) in [5.41, 5.74) is 2.99. The number of hydrogen-bond acceptors (Lipinski definition) is 4. The molecule has 8 heteroatoms. The first-order valence-corrected chi connectivity index (χ1v) is 9.71.